The Kier molecular flexibility index (Phi) is 10.1. The number of aryl methyl sites for hydroxylation is 2. The fourth-order valence-electron chi connectivity index (χ4n) is 5.83. The van der Waals surface area contributed by atoms with Gasteiger partial charge in [-0.1, -0.05) is 144 Å². The molecule has 0 aliphatic heterocycles. The van der Waals surface area contributed by atoms with Crippen molar-refractivity contribution in [2.45, 2.75) is 97.3 Å². The van der Waals surface area contributed by atoms with E-state index in [0.29, 0.717) is 0 Å². The maximum absolute atomic E-state index is 2.35. The van der Waals surface area contributed by atoms with Crippen LogP contribution in [0.3, 0.4) is 0 Å². The topological polar surface area (TPSA) is 0 Å². The normalized spacial score (nSPS) is 18.0. The molecule has 0 atom stereocenters. The van der Waals surface area contributed by atoms with Crippen molar-refractivity contribution in [1.29, 1.82) is 0 Å². The number of rotatable bonds is 12. The Morgan fingerprint density at radius 3 is 1.31 bits per heavy atom. The molecule has 35 heavy (non-hydrogen) atoms. The molecule has 0 bridgehead atoms. The zero-order chi connectivity index (χ0) is 24.3. The summed E-state index contributed by atoms with van der Waals surface area (Å²) >= 11 is 0. The third kappa shape index (κ3) is 7.83. The molecule has 1 aliphatic rings. The molecular weight excluding hydrogens is 420 g/mol. The average Bonchev–Trinajstić information content (AvgIpc) is 2.92. The molecular formula is C35H46. The standard InChI is InChI=1S/C35H46/c1-3-5-7-9-29-16-20-32(21-17-29)34-24-26-35(27-25-34)33-22-18-31(19-23-33)15-14-30-12-10-28(11-13-30)8-6-4-2/h16-28,30H,3-15H2,1-2H3/t28-,30-. The summed E-state index contributed by atoms with van der Waals surface area (Å²) in [7, 11) is 0. The Hall–Kier alpha value is -2.34. The second-order valence-electron chi connectivity index (χ2n) is 11.0. The molecule has 0 aromatic heterocycles. The van der Waals surface area contributed by atoms with Crippen molar-refractivity contribution in [3.8, 4) is 22.3 Å². The van der Waals surface area contributed by atoms with Crippen LogP contribution in [0.25, 0.3) is 22.3 Å². The SMILES string of the molecule is CCCCCc1ccc(-c2ccc(-c3ccc(CC[C@H]4CC[C@H](CCCC)CC4)cc3)cc2)cc1. The first-order valence-electron chi connectivity index (χ1n) is 14.5. The van der Waals surface area contributed by atoms with Gasteiger partial charge in [-0.25, -0.2) is 0 Å². The van der Waals surface area contributed by atoms with Crippen LogP contribution in [-0.2, 0) is 12.8 Å². The van der Waals surface area contributed by atoms with Crippen molar-refractivity contribution < 1.29 is 0 Å². The lowest BCUT2D eigenvalue weighted by Gasteiger charge is -2.28. The van der Waals surface area contributed by atoms with E-state index in [9.17, 15) is 0 Å². The highest BCUT2D eigenvalue weighted by atomic mass is 14.3. The lowest BCUT2D eigenvalue weighted by atomic mass is 9.78. The van der Waals surface area contributed by atoms with E-state index < -0.39 is 0 Å². The molecule has 0 N–H and O–H groups in total. The predicted octanol–water partition coefficient (Wildman–Crippen LogP) is 10.7. The van der Waals surface area contributed by atoms with Crippen LogP contribution in [0.15, 0.2) is 72.8 Å². The van der Waals surface area contributed by atoms with Crippen LogP contribution in [0.1, 0.15) is 95.6 Å². The molecule has 0 spiro atoms. The van der Waals surface area contributed by atoms with E-state index in [2.05, 4.69) is 86.6 Å². The van der Waals surface area contributed by atoms with Crippen molar-refractivity contribution >= 4 is 0 Å². The third-order valence-corrected chi connectivity index (χ3v) is 8.30. The number of benzene rings is 3. The summed E-state index contributed by atoms with van der Waals surface area (Å²) in [4.78, 5) is 0. The van der Waals surface area contributed by atoms with Gasteiger partial charge in [0.2, 0.25) is 0 Å². The minimum absolute atomic E-state index is 0.950. The molecule has 1 aliphatic carbocycles. The van der Waals surface area contributed by atoms with Crippen LogP contribution in [0.5, 0.6) is 0 Å². The second-order valence-corrected chi connectivity index (χ2v) is 11.0. The van der Waals surface area contributed by atoms with Crippen LogP contribution in [-0.4, -0.2) is 0 Å². The fraction of sp³-hybridized carbons (Fsp3) is 0.486. The molecule has 0 saturated heterocycles. The first kappa shape index (κ1) is 25.7. The summed E-state index contributed by atoms with van der Waals surface area (Å²) in [5, 5.41) is 0. The largest absolute Gasteiger partial charge is 0.0654 e. The monoisotopic (exact) mass is 466 g/mol. The molecule has 3 aromatic carbocycles. The summed E-state index contributed by atoms with van der Waals surface area (Å²) in [5.74, 6) is 1.97. The maximum atomic E-state index is 2.35. The van der Waals surface area contributed by atoms with Gasteiger partial charge in [0.1, 0.15) is 0 Å². The summed E-state index contributed by atoms with van der Waals surface area (Å²) < 4.78 is 0. The van der Waals surface area contributed by atoms with E-state index in [4.69, 9.17) is 0 Å². The van der Waals surface area contributed by atoms with Crippen LogP contribution >= 0.6 is 0 Å². The van der Waals surface area contributed by atoms with E-state index in [1.54, 1.807) is 0 Å². The number of unbranched alkanes of at least 4 members (excludes halogenated alkanes) is 3. The van der Waals surface area contributed by atoms with Crippen LogP contribution in [0, 0.1) is 11.8 Å². The van der Waals surface area contributed by atoms with Gasteiger partial charge >= 0.3 is 0 Å². The Morgan fingerprint density at radius 2 is 0.857 bits per heavy atom. The zero-order valence-corrected chi connectivity index (χ0v) is 22.3. The number of hydrogen-bond donors (Lipinski definition) is 0. The van der Waals surface area contributed by atoms with Gasteiger partial charge in [-0.15, -0.1) is 0 Å². The van der Waals surface area contributed by atoms with Gasteiger partial charge in [0.15, 0.2) is 0 Å². The van der Waals surface area contributed by atoms with Crippen molar-refractivity contribution in [1.82, 2.24) is 0 Å². The van der Waals surface area contributed by atoms with Crippen molar-refractivity contribution in [2.24, 2.45) is 11.8 Å². The summed E-state index contributed by atoms with van der Waals surface area (Å²) in [5.41, 5.74) is 8.20. The second kappa shape index (κ2) is 13.7. The molecule has 4 rings (SSSR count). The van der Waals surface area contributed by atoms with E-state index in [1.165, 1.54) is 117 Å². The average molecular weight is 467 g/mol. The highest BCUT2D eigenvalue weighted by Crippen LogP contribution is 2.34. The van der Waals surface area contributed by atoms with E-state index in [1.807, 2.05) is 0 Å². The van der Waals surface area contributed by atoms with Crippen molar-refractivity contribution in [3.05, 3.63) is 83.9 Å². The smallest absolute Gasteiger partial charge is 0.0184 e. The molecule has 186 valence electrons. The minimum Gasteiger partial charge on any atom is -0.0654 e. The van der Waals surface area contributed by atoms with Gasteiger partial charge in [0.05, 0.1) is 0 Å². The van der Waals surface area contributed by atoms with Gasteiger partial charge in [-0.3, -0.25) is 0 Å². The van der Waals surface area contributed by atoms with Crippen LogP contribution < -0.4 is 0 Å². The Balaban J connectivity index is 1.26. The molecule has 1 saturated carbocycles. The molecule has 0 heteroatoms. The lowest BCUT2D eigenvalue weighted by Crippen LogP contribution is -2.15. The zero-order valence-electron chi connectivity index (χ0n) is 22.3. The predicted molar refractivity (Wildman–Crippen MR) is 154 cm³/mol. The van der Waals surface area contributed by atoms with Gasteiger partial charge in [-0.05, 0) is 70.9 Å². The Labute approximate surface area is 215 Å². The molecule has 0 amide bonds. The van der Waals surface area contributed by atoms with Gasteiger partial charge in [0, 0.05) is 0 Å². The van der Waals surface area contributed by atoms with E-state index >= 15 is 0 Å². The third-order valence-electron chi connectivity index (χ3n) is 8.30. The number of hydrogen-bond acceptors (Lipinski definition) is 0. The van der Waals surface area contributed by atoms with Crippen LogP contribution in [0.4, 0.5) is 0 Å². The summed E-state index contributed by atoms with van der Waals surface area (Å²) in [6.45, 7) is 4.59. The molecule has 1 fully saturated rings. The molecule has 0 nitrogen and oxygen atoms in total. The van der Waals surface area contributed by atoms with E-state index in [-0.39, 0.29) is 0 Å². The molecule has 3 aromatic rings. The van der Waals surface area contributed by atoms with E-state index in [0.717, 1.165) is 11.8 Å². The summed E-state index contributed by atoms with van der Waals surface area (Å²) in [6, 6.07) is 27.6. The van der Waals surface area contributed by atoms with Gasteiger partial charge in [-0.2, -0.15) is 0 Å². The first-order chi connectivity index (χ1) is 17.2. The highest BCUT2D eigenvalue weighted by Gasteiger charge is 2.20. The molecule has 0 radical (unpaired) electrons. The lowest BCUT2D eigenvalue weighted by molar-refractivity contribution is 0.250. The minimum atomic E-state index is 0.950. The van der Waals surface area contributed by atoms with Gasteiger partial charge in [0.25, 0.3) is 0 Å². The van der Waals surface area contributed by atoms with Gasteiger partial charge < -0.3 is 0 Å². The highest BCUT2D eigenvalue weighted by molar-refractivity contribution is 5.70. The fourth-order valence-corrected chi connectivity index (χ4v) is 5.83. The first-order valence-corrected chi connectivity index (χ1v) is 14.5. The van der Waals surface area contributed by atoms with Crippen LogP contribution in [0.2, 0.25) is 0 Å². The summed E-state index contributed by atoms with van der Waals surface area (Å²) in [6.07, 6.45) is 17.8. The Morgan fingerprint density at radius 1 is 0.457 bits per heavy atom. The van der Waals surface area contributed by atoms with Crippen molar-refractivity contribution in [2.75, 3.05) is 0 Å². The maximum Gasteiger partial charge on any atom is -0.0184 e. The molecule has 0 heterocycles. The quantitative estimate of drug-likeness (QED) is 0.233. The molecule has 0 unspecified atom stereocenters. The van der Waals surface area contributed by atoms with Crippen molar-refractivity contribution in [3.63, 3.8) is 0 Å². The Bertz CT molecular complexity index is 970.